The van der Waals surface area contributed by atoms with Crippen molar-refractivity contribution in [3.8, 4) is 0 Å². The largest absolute Gasteiger partial charge is 0.393 e. The topological polar surface area (TPSA) is 59.2 Å². The van der Waals surface area contributed by atoms with Crippen molar-refractivity contribution in [1.29, 1.82) is 0 Å². The van der Waals surface area contributed by atoms with Crippen LogP contribution in [0.2, 0.25) is 0 Å². The number of hydrogen-bond acceptors (Lipinski definition) is 3. The minimum atomic E-state index is 0.0451. The van der Waals surface area contributed by atoms with Crippen molar-refractivity contribution in [3.63, 3.8) is 0 Å². The lowest BCUT2D eigenvalue weighted by atomic mass is 10.1. The zero-order chi connectivity index (χ0) is 14.0. The van der Waals surface area contributed by atoms with Gasteiger partial charge in [-0.05, 0) is 38.8 Å². The Labute approximate surface area is 119 Å². The fourth-order valence-electron chi connectivity index (χ4n) is 2.13. The van der Waals surface area contributed by atoms with Crippen LogP contribution in [0.1, 0.15) is 41.0 Å². The standard InChI is InChI=1S/C14H19N3OS/c1-9-3-6-12(10(2)16-9)14(18)17(11-4-5-11)8-7-13(15)19/h3,6,11H,4-5,7-8H2,1-2H3,(H2,15,19). The zero-order valence-corrected chi connectivity index (χ0v) is 12.2. The number of nitrogens with two attached hydrogens (primary N) is 1. The predicted octanol–water partition coefficient (Wildman–Crippen LogP) is 1.98. The fourth-order valence-corrected chi connectivity index (χ4v) is 2.23. The van der Waals surface area contributed by atoms with Gasteiger partial charge in [0.15, 0.2) is 0 Å². The van der Waals surface area contributed by atoms with Gasteiger partial charge in [-0.15, -0.1) is 0 Å². The first-order chi connectivity index (χ1) is 8.99. The van der Waals surface area contributed by atoms with Crippen molar-refractivity contribution < 1.29 is 4.79 Å². The van der Waals surface area contributed by atoms with Gasteiger partial charge in [0.05, 0.1) is 16.2 Å². The Morgan fingerprint density at radius 1 is 1.47 bits per heavy atom. The molecule has 1 aromatic heterocycles. The smallest absolute Gasteiger partial charge is 0.255 e. The number of carbonyl (C=O) groups is 1. The number of thiocarbonyl (C=S) groups is 1. The van der Waals surface area contributed by atoms with Crippen LogP contribution in [0.15, 0.2) is 12.1 Å². The molecule has 5 heteroatoms. The van der Waals surface area contributed by atoms with E-state index in [1.54, 1.807) is 0 Å². The van der Waals surface area contributed by atoms with Gasteiger partial charge in [0.25, 0.3) is 5.91 Å². The van der Waals surface area contributed by atoms with Gasteiger partial charge in [-0.2, -0.15) is 0 Å². The van der Waals surface area contributed by atoms with Gasteiger partial charge in [0.1, 0.15) is 0 Å². The van der Waals surface area contributed by atoms with Crippen molar-refractivity contribution >= 4 is 23.1 Å². The van der Waals surface area contributed by atoms with Crippen molar-refractivity contribution in [2.24, 2.45) is 5.73 Å². The first kappa shape index (κ1) is 13.9. The summed E-state index contributed by atoms with van der Waals surface area (Å²) in [4.78, 5) is 19.3. The first-order valence-corrected chi connectivity index (χ1v) is 6.93. The van der Waals surface area contributed by atoms with Crippen LogP contribution in [0.25, 0.3) is 0 Å². The molecule has 1 heterocycles. The second-order valence-electron chi connectivity index (χ2n) is 5.03. The van der Waals surface area contributed by atoms with Crippen LogP contribution in [0.5, 0.6) is 0 Å². The number of nitrogens with zero attached hydrogens (tertiary/aromatic N) is 2. The van der Waals surface area contributed by atoms with E-state index in [1.807, 2.05) is 30.9 Å². The average molecular weight is 277 g/mol. The SMILES string of the molecule is Cc1ccc(C(=O)N(CCC(N)=S)C2CC2)c(C)n1. The van der Waals surface area contributed by atoms with Crippen LogP contribution in [0.3, 0.4) is 0 Å². The molecule has 2 N–H and O–H groups in total. The lowest BCUT2D eigenvalue weighted by Gasteiger charge is -2.23. The van der Waals surface area contributed by atoms with Gasteiger partial charge < -0.3 is 10.6 Å². The van der Waals surface area contributed by atoms with E-state index in [0.29, 0.717) is 29.6 Å². The third-order valence-electron chi connectivity index (χ3n) is 3.30. The summed E-state index contributed by atoms with van der Waals surface area (Å²) in [7, 11) is 0. The molecule has 1 aliphatic carbocycles. The number of aromatic nitrogens is 1. The lowest BCUT2D eigenvalue weighted by Crippen LogP contribution is -2.36. The molecule has 0 radical (unpaired) electrons. The van der Waals surface area contributed by atoms with Gasteiger partial charge in [-0.3, -0.25) is 9.78 Å². The molecule has 0 spiro atoms. The van der Waals surface area contributed by atoms with E-state index in [-0.39, 0.29) is 5.91 Å². The second kappa shape index (κ2) is 5.65. The van der Waals surface area contributed by atoms with E-state index in [9.17, 15) is 4.79 Å². The Kier molecular flexibility index (Phi) is 4.14. The number of carbonyl (C=O) groups excluding carboxylic acids is 1. The third-order valence-corrected chi connectivity index (χ3v) is 3.51. The highest BCUT2D eigenvalue weighted by molar-refractivity contribution is 7.80. The van der Waals surface area contributed by atoms with E-state index >= 15 is 0 Å². The van der Waals surface area contributed by atoms with Crippen LogP contribution < -0.4 is 5.73 Å². The molecule has 0 atom stereocenters. The van der Waals surface area contributed by atoms with Gasteiger partial charge in [0, 0.05) is 24.7 Å². The van der Waals surface area contributed by atoms with Crippen LogP contribution >= 0.6 is 12.2 Å². The Balaban J connectivity index is 2.16. The van der Waals surface area contributed by atoms with E-state index in [1.165, 1.54) is 0 Å². The average Bonchev–Trinajstić information content (AvgIpc) is 3.13. The zero-order valence-electron chi connectivity index (χ0n) is 11.3. The third kappa shape index (κ3) is 3.50. The summed E-state index contributed by atoms with van der Waals surface area (Å²) >= 11 is 4.89. The summed E-state index contributed by atoms with van der Waals surface area (Å²) < 4.78 is 0. The van der Waals surface area contributed by atoms with E-state index in [2.05, 4.69) is 4.98 Å². The molecular formula is C14H19N3OS. The maximum Gasteiger partial charge on any atom is 0.255 e. The highest BCUT2D eigenvalue weighted by Gasteiger charge is 2.33. The van der Waals surface area contributed by atoms with Crippen LogP contribution in [0, 0.1) is 13.8 Å². The molecule has 1 aromatic rings. The molecule has 4 nitrogen and oxygen atoms in total. The normalized spacial score (nSPS) is 14.2. The van der Waals surface area contributed by atoms with Crippen LogP contribution in [-0.4, -0.2) is 33.4 Å². The maximum atomic E-state index is 12.6. The molecule has 102 valence electrons. The molecule has 19 heavy (non-hydrogen) atoms. The van der Waals surface area contributed by atoms with Gasteiger partial charge in [-0.1, -0.05) is 12.2 Å². The first-order valence-electron chi connectivity index (χ1n) is 6.52. The Morgan fingerprint density at radius 3 is 2.68 bits per heavy atom. The fraction of sp³-hybridized carbons (Fsp3) is 0.500. The Hall–Kier alpha value is -1.49. The molecule has 2 rings (SSSR count). The van der Waals surface area contributed by atoms with Crippen molar-refractivity contribution in [2.75, 3.05) is 6.54 Å². The number of amides is 1. The lowest BCUT2D eigenvalue weighted by molar-refractivity contribution is 0.0747. The Bertz CT molecular complexity index is 511. The highest BCUT2D eigenvalue weighted by atomic mass is 32.1. The summed E-state index contributed by atoms with van der Waals surface area (Å²) in [5.41, 5.74) is 7.92. The summed E-state index contributed by atoms with van der Waals surface area (Å²) in [6, 6.07) is 4.08. The molecule has 1 aliphatic rings. The molecule has 0 aliphatic heterocycles. The quantitative estimate of drug-likeness (QED) is 0.836. The maximum absolute atomic E-state index is 12.6. The molecule has 1 fully saturated rings. The molecule has 1 saturated carbocycles. The van der Waals surface area contributed by atoms with Gasteiger partial charge >= 0.3 is 0 Å². The summed E-state index contributed by atoms with van der Waals surface area (Å²) in [5.74, 6) is 0.0451. The predicted molar refractivity (Wildman–Crippen MR) is 79.2 cm³/mol. The molecule has 0 saturated heterocycles. The van der Waals surface area contributed by atoms with Gasteiger partial charge in [0.2, 0.25) is 0 Å². The molecule has 0 unspecified atom stereocenters. The molecular weight excluding hydrogens is 258 g/mol. The van der Waals surface area contributed by atoms with E-state index in [0.717, 1.165) is 24.2 Å². The molecule has 1 amide bonds. The molecule has 0 aromatic carbocycles. The minimum Gasteiger partial charge on any atom is -0.393 e. The number of hydrogen-bond donors (Lipinski definition) is 1. The van der Waals surface area contributed by atoms with E-state index < -0.39 is 0 Å². The van der Waals surface area contributed by atoms with Crippen molar-refractivity contribution in [2.45, 2.75) is 39.2 Å². The van der Waals surface area contributed by atoms with E-state index in [4.69, 9.17) is 18.0 Å². The van der Waals surface area contributed by atoms with Crippen molar-refractivity contribution in [1.82, 2.24) is 9.88 Å². The monoisotopic (exact) mass is 277 g/mol. The minimum absolute atomic E-state index is 0.0451. The number of aryl methyl sites for hydroxylation is 2. The summed E-state index contributed by atoms with van der Waals surface area (Å²) in [6.07, 6.45) is 2.72. The van der Waals surface area contributed by atoms with Crippen molar-refractivity contribution in [3.05, 3.63) is 29.1 Å². The summed E-state index contributed by atoms with van der Waals surface area (Å²) in [5, 5.41) is 0. The number of rotatable bonds is 5. The second-order valence-corrected chi connectivity index (χ2v) is 5.56. The summed E-state index contributed by atoms with van der Waals surface area (Å²) in [6.45, 7) is 4.40. The highest BCUT2D eigenvalue weighted by Crippen LogP contribution is 2.28. The number of pyridine rings is 1. The Morgan fingerprint density at radius 2 is 2.16 bits per heavy atom. The van der Waals surface area contributed by atoms with Crippen LogP contribution in [0.4, 0.5) is 0 Å². The molecule has 0 bridgehead atoms. The van der Waals surface area contributed by atoms with Crippen LogP contribution in [-0.2, 0) is 0 Å². The van der Waals surface area contributed by atoms with Gasteiger partial charge in [-0.25, -0.2) is 0 Å².